The summed E-state index contributed by atoms with van der Waals surface area (Å²) < 4.78 is 6.11. The number of hydrogen-bond donors (Lipinski definition) is 1. The van der Waals surface area contributed by atoms with E-state index in [2.05, 4.69) is 31.2 Å². The van der Waals surface area contributed by atoms with Crippen LogP contribution in [0.5, 0.6) is 5.75 Å². The van der Waals surface area contributed by atoms with E-state index in [1.165, 1.54) is 0 Å². The van der Waals surface area contributed by atoms with Crippen LogP contribution in [-0.4, -0.2) is 17.1 Å². The van der Waals surface area contributed by atoms with Crippen LogP contribution < -0.4 is 10.1 Å². The molecule has 1 N–H and O–H groups in total. The van der Waals surface area contributed by atoms with E-state index < -0.39 is 0 Å². The molecule has 4 nitrogen and oxygen atoms in total. The number of nitrogens with zero attached hydrogens (tertiary/aromatic N) is 2. The molecule has 0 bridgehead atoms. The largest absolute Gasteiger partial charge is 0.496 e. The van der Waals surface area contributed by atoms with Crippen LogP contribution in [-0.2, 0) is 0 Å². The zero-order chi connectivity index (χ0) is 15.0. The highest BCUT2D eigenvalue weighted by Crippen LogP contribution is 2.40. The van der Waals surface area contributed by atoms with Gasteiger partial charge in [0.2, 0.25) is 0 Å². The Morgan fingerprint density at radius 1 is 1.33 bits per heavy atom. The van der Waals surface area contributed by atoms with Crippen molar-refractivity contribution < 1.29 is 4.74 Å². The average molecular weight is 369 g/mol. The number of methoxy groups -OCH3 is 1. The summed E-state index contributed by atoms with van der Waals surface area (Å²) in [5.74, 6) is 2.84. The van der Waals surface area contributed by atoms with Gasteiger partial charge in [0.05, 0.1) is 11.6 Å². The summed E-state index contributed by atoms with van der Waals surface area (Å²) in [4.78, 5) is 8.98. The lowest BCUT2D eigenvalue weighted by Crippen LogP contribution is -2.03. The molecular formula is C15H15BrClN3O. The smallest absolute Gasteiger partial charge is 0.138 e. The molecule has 0 spiro atoms. The molecule has 3 rings (SSSR count). The molecule has 1 aromatic heterocycles. The van der Waals surface area contributed by atoms with E-state index in [0.717, 1.165) is 46.0 Å². The van der Waals surface area contributed by atoms with Crippen molar-refractivity contribution in [2.24, 2.45) is 0 Å². The second-order valence-electron chi connectivity index (χ2n) is 5.09. The predicted molar refractivity (Wildman–Crippen MR) is 87.7 cm³/mol. The topological polar surface area (TPSA) is 47.0 Å². The minimum absolute atomic E-state index is 0.464. The first-order chi connectivity index (χ1) is 10.1. The second kappa shape index (κ2) is 5.81. The van der Waals surface area contributed by atoms with Gasteiger partial charge in [-0.25, -0.2) is 9.97 Å². The number of rotatable bonds is 4. The van der Waals surface area contributed by atoms with Crippen LogP contribution >= 0.6 is 27.5 Å². The third-order valence-electron chi connectivity index (χ3n) is 3.46. The first-order valence-corrected chi connectivity index (χ1v) is 7.90. The van der Waals surface area contributed by atoms with E-state index in [1.54, 1.807) is 7.11 Å². The van der Waals surface area contributed by atoms with Crippen molar-refractivity contribution in [2.75, 3.05) is 12.4 Å². The third kappa shape index (κ3) is 3.14. The van der Waals surface area contributed by atoms with E-state index >= 15 is 0 Å². The van der Waals surface area contributed by atoms with Gasteiger partial charge in [-0.15, -0.1) is 0 Å². The zero-order valence-corrected chi connectivity index (χ0v) is 14.1. The van der Waals surface area contributed by atoms with E-state index in [1.807, 2.05) is 25.1 Å². The van der Waals surface area contributed by atoms with Crippen molar-refractivity contribution >= 4 is 39.0 Å². The van der Waals surface area contributed by atoms with Crippen LogP contribution in [0.1, 0.15) is 30.1 Å². The molecule has 1 fully saturated rings. The first-order valence-electron chi connectivity index (χ1n) is 6.73. The van der Waals surface area contributed by atoms with Gasteiger partial charge < -0.3 is 10.1 Å². The van der Waals surface area contributed by atoms with Crippen LogP contribution in [0.4, 0.5) is 11.5 Å². The highest BCUT2D eigenvalue weighted by Gasteiger charge is 2.28. The Labute approximate surface area is 137 Å². The predicted octanol–water partition coefficient (Wildman–Crippen LogP) is 4.83. The molecule has 0 unspecified atom stereocenters. The van der Waals surface area contributed by atoms with Crippen LogP contribution in [0.3, 0.4) is 0 Å². The van der Waals surface area contributed by atoms with E-state index in [9.17, 15) is 0 Å². The zero-order valence-electron chi connectivity index (χ0n) is 11.8. The Balaban J connectivity index is 1.91. The van der Waals surface area contributed by atoms with Crippen LogP contribution in [0.15, 0.2) is 22.7 Å². The fourth-order valence-electron chi connectivity index (χ4n) is 2.03. The molecule has 1 heterocycles. The average Bonchev–Trinajstić information content (AvgIpc) is 3.28. The van der Waals surface area contributed by atoms with E-state index in [4.69, 9.17) is 16.3 Å². The molecule has 21 heavy (non-hydrogen) atoms. The number of anilines is 2. The standard InChI is InChI=1S/C15H15BrClN3O/c1-8-13(17)19-15(9-3-4-9)20-14(8)18-10-5-6-12(21-2)11(16)7-10/h5-7,9H,3-4H2,1-2H3,(H,18,19,20). The highest BCUT2D eigenvalue weighted by molar-refractivity contribution is 9.10. The number of hydrogen-bond acceptors (Lipinski definition) is 4. The van der Waals surface area contributed by atoms with E-state index in [0.29, 0.717) is 11.1 Å². The molecule has 1 aliphatic rings. The Kier molecular flexibility index (Phi) is 4.04. The fourth-order valence-corrected chi connectivity index (χ4v) is 2.75. The van der Waals surface area contributed by atoms with E-state index in [-0.39, 0.29) is 0 Å². The van der Waals surface area contributed by atoms with Crippen molar-refractivity contribution in [3.05, 3.63) is 39.2 Å². The van der Waals surface area contributed by atoms with Gasteiger partial charge >= 0.3 is 0 Å². The second-order valence-corrected chi connectivity index (χ2v) is 6.31. The highest BCUT2D eigenvalue weighted by atomic mass is 79.9. The Morgan fingerprint density at radius 2 is 2.10 bits per heavy atom. The minimum Gasteiger partial charge on any atom is -0.496 e. The third-order valence-corrected chi connectivity index (χ3v) is 4.45. The van der Waals surface area contributed by atoms with Crippen molar-refractivity contribution in [1.29, 1.82) is 0 Å². The molecule has 6 heteroatoms. The Bertz CT molecular complexity index is 689. The summed E-state index contributed by atoms with van der Waals surface area (Å²) >= 11 is 9.69. The molecule has 0 saturated heterocycles. The molecule has 0 aliphatic heterocycles. The van der Waals surface area contributed by atoms with Crippen molar-refractivity contribution in [2.45, 2.75) is 25.7 Å². The quantitative estimate of drug-likeness (QED) is 0.785. The summed E-state index contributed by atoms with van der Waals surface area (Å²) in [7, 11) is 1.64. The van der Waals surface area contributed by atoms with Gasteiger partial charge in [-0.1, -0.05) is 11.6 Å². The maximum absolute atomic E-state index is 6.22. The Hall–Kier alpha value is -1.33. The fraction of sp³-hybridized carbons (Fsp3) is 0.333. The Morgan fingerprint density at radius 3 is 2.71 bits per heavy atom. The molecule has 0 atom stereocenters. The summed E-state index contributed by atoms with van der Waals surface area (Å²) in [5.41, 5.74) is 1.77. The van der Waals surface area contributed by atoms with Crippen molar-refractivity contribution in [3.63, 3.8) is 0 Å². The molecule has 110 valence electrons. The number of halogens is 2. The number of aromatic nitrogens is 2. The lowest BCUT2D eigenvalue weighted by atomic mass is 10.2. The summed E-state index contributed by atoms with van der Waals surface area (Å²) in [6, 6.07) is 5.78. The maximum atomic E-state index is 6.22. The lowest BCUT2D eigenvalue weighted by molar-refractivity contribution is 0.412. The van der Waals surface area contributed by atoms with Crippen LogP contribution in [0.2, 0.25) is 5.15 Å². The van der Waals surface area contributed by atoms with Crippen molar-refractivity contribution in [3.8, 4) is 5.75 Å². The lowest BCUT2D eigenvalue weighted by Gasteiger charge is -2.12. The summed E-state index contributed by atoms with van der Waals surface area (Å²) in [6.07, 6.45) is 2.29. The summed E-state index contributed by atoms with van der Waals surface area (Å²) in [6.45, 7) is 1.92. The van der Waals surface area contributed by atoms with Gasteiger partial charge in [-0.05, 0) is 53.9 Å². The molecule has 1 aliphatic carbocycles. The normalized spacial score (nSPS) is 14.1. The molecule has 1 aromatic carbocycles. The van der Waals surface area contributed by atoms with Crippen LogP contribution in [0.25, 0.3) is 0 Å². The van der Waals surface area contributed by atoms with Gasteiger partial charge in [-0.3, -0.25) is 0 Å². The molecular weight excluding hydrogens is 354 g/mol. The first kappa shape index (κ1) is 14.6. The maximum Gasteiger partial charge on any atom is 0.138 e. The number of ether oxygens (including phenoxy) is 1. The molecule has 0 amide bonds. The van der Waals surface area contributed by atoms with Gasteiger partial charge in [0.1, 0.15) is 22.5 Å². The number of benzene rings is 1. The van der Waals surface area contributed by atoms with Crippen molar-refractivity contribution in [1.82, 2.24) is 9.97 Å². The minimum atomic E-state index is 0.464. The van der Waals surface area contributed by atoms with Crippen LogP contribution in [0, 0.1) is 6.92 Å². The van der Waals surface area contributed by atoms with Gasteiger partial charge in [0.15, 0.2) is 0 Å². The SMILES string of the molecule is COc1ccc(Nc2nc(C3CC3)nc(Cl)c2C)cc1Br. The summed E-state index contributed by atoms with van der Waals surface area (Å²) in [5, 5.41) is 3.82. The van der Waals surface area contributed by atoms with Gasteiger partial charge in [0.25, 0.3) is 0 Å². The number of nitrogens with one attached hydrogen (secondary N) is 1. The monoisotopic (exact) mass is 367 g/mol. The molecule has 1 saturated carbocycles. The van der Waals surface area contributed by atoms with Gasteiger partial charge in [-0.2, -0.15) is 0 Å². The molecule has 0 radical (unpaired) electrons. The molecule has 2 aromatic rings. The van der Waals surface area contributed by atoms with Gasteiger partial charge in [0, 0.05) is 17.2 Å².